The third kappa shape index (κ3) is 3.46. The molecule has 1 heterocycles. The molecule has 3 aromatic rings. The summed E-state index contributed by atoms with van der Waals surface area (Å²) in [6.45, 7) is -0.391. The summed E-state index contributed by atoms with van der Waals surface area (Å²) in [5, 5.41) is 1.43. The molecule has 0 amide bonds. The van der Waals surface area contributed by atoms with Gasteiger partial charge in [0.2, 0.25) is 0 Å². The van der Waals surface area contributed by atoms with Crippen molar-refractivity contribution in [2.75, 3.05) is 6.61 Å². The molecule has 0 bridgehead atoms. The minimum atomic E-state index is -0.658. The van der Waals surface area contributed by atoms with E-state index in [-0.39, 0.29) is 16.9 Å². The molecule has 3 rings (SSSR count). The average molecular weight is 356 g/mol. The van der Waals surface area contributed by atoms with Crippen LogP contribution in [-0.4, -0.2) is 22.9 Å². The van der Waals surface area contributed by atoms with E-state index >= 15 is 0 Å². The van der Waals surface area contributed by atoms with Gasteiger partial charge < -0.3 is 9.30 Å². The number of carbonyl (C=O) groups is 2. The highest BCUT2D eigenvalue weighted by Crippen LogP contribution is 2.16. The largest absolute Gasteiger partial charge is 0.454 e. The number of ether oxygens (including phenoxy) is 1. The second-order valence-corrected chi connectivity index (χ2v) is 5.95. The SMILES string of the molecule is Cn1cc(C(=O)OCC(=O)c2ccc(Cl)cc2)c2ccccc2c1=O. The Labute approximate surface area is 148 Å². The third-order valence-electron chi connectivity index (χ3n) is 3.81. The first-order valence-electron chi connectivity index (χ1n) is 7.51. The molecule has 0 radical (unpaired) electrons. The molecular formula is C19H14ClNO4. The number of rotatable bonds is 4. The average Bonchev–Trinajstić information content (AvgIpc) is 2.63. The highest BCUT2D eigenvalue weighted by molar-refractivity contribution is 6.30. The zero-order chi connectivity index (χ0) is 18.0. The molecule has 0 unspecified atom stereocenters. The molecule has 2 aromatic carbocycles. The van der Waals surface area contributed by atoms with Gasteiger partial charge in [0.15, 0.2) is 12.4 Å². The number of aryl methyl sites for hydroxylation is 1. The molecule has 1 aromatic heterocycles. The summed E-state index contributed by atoms with van der Waals surface area (Å²) < 4.78 is 6.46. The molecule has 5 nitrogen and oxygen atoms in total. The van der Waals surface area contributed by atoms with Crippen molar-refractivity contribution in [1.29, 1.82) is 0 Å². The lowest BCUT2D eigenvalue weighted by Gasteiger charge is -2.09. The van der Waals surface area contributed by atoms with Crippen LogP contribution in [0.1, 0.15) is 20.7 Å². The fourth-order valence-electron chi connectivity index (χ4n) is 2.51. The Morgan fingerprint density at radius 2 is 1.68 bits per heavy atom. The molecular weight excluding hydrogens is 342 g/mol. The monoisotopic (exact) mass is 355 g/mol. The van der Waals surface area contributed by atoms with E-state index in [0.717, 1.165) is 0 Å². The number of aromatic nitrogens is 1. The molecule has 0 saturated carbocycles. The van der Waals surface area contributed by atoms with Crippen LogP contribution in [-0.2, 0) is 11.8 Å². The van der Waals surface area contributed by atoms with Gasteiger partial charge in [-0.05, 0) is 30.3 Å². The van der Waals surface area contributed by atoms with Crippen molar-refractivity contribution in [2.24, 2.45) is 7.05 Å². The number of ketones is 1. The maximum Gasteiger partial charge on any atom is 0.340 e. The fourth-order valence-corrected chi connectivity index (χ4v) is 2.63. The number of carbonyl (C=O) groups excluding carboxylic acids is 2. The minimum Gasteiger partial charge on any atom is -0.454 e. The van der Waals surface area contributed by atoms with Gasteiger partial charge in [0.1, 0.15) is 0 Å². The van der Waals surface area contributed by atoms with Crippen LogP contribution >= 0.6 is 11.6 Å². The molecule has 0 atom stereocenters. The number of pyridine rings is 1. The summed E-state index contributed by atoms with van der Waals surface area (Å²) in [5.41, 5.74) is 0.438. The maximum absolute atomic E-state index is 12.4. The van der Waals surface area contributed by atoms with E-state index in [1.165, 1.54) is 10.8 Å². The van der Waals surface area contributed by atoms with E-state index in [4.69, 9.17) is 16.3 Å². The maximum atomic E-state index is 12.4. The quantitative estimate of drug-likeness (QED) is 0.532. The first-order valence-corrected chi connectivity index (χ1v) is 7.89. The lowest BCUT2D eigenvalue weighted by molar-refractivity contribution is 0.0476. The van der Waals surface area contributed by atoms with E-state index in [1.807, 2.05) is 0 Å². The molecule has 0 N–H and O–H groups in total. The Kier molecular flexibility index (Phi) is 4.67. The first kappa shape index (κ1) is 16.9. The molecule has 0 fully saturated rings. The molecule has 0 aliphatic carbocycles. The van der Waals surface area contributed by atoms with Crippen molar-refractivity contribution in [2.45, 2.75) is 0 Å². The summed E-state index contributed by atoms with van der Waals surface area (Å²) in [6, 6.07) is 13.1. The van der Waals surface area contributed by atoms with Crippen molar-refractivity contribution in [3.05, 3.63) is 81.2 Å². The van der Waals surface area contributed by atoms with Crippen LogP contribution in [0, 0.1) is 0 Å². The van der Waals surface area contributed by atoms with Crippen LogP contribution in [0.2, 0.25) is 5.02 Å². The van der Waals surface area contributed by atoms with Crippen molar-refractivity contribution in [3.63, 3.8) is 0 Å². The smallest absolute Gasteiger partial charge is 0.340 e. The van der Waals surface area contributed by atoms with Crippen molar-refractivity contribution < 1.29 is 14.3 Å². The van der Waals surface area contributed by atoms with Crippen LogP contribution in [0.3, 0.4) is 0 Å². The first-order chi connectivity index (χ1) is 12.0. The van der Waals surface area contributed by atoms with Crippen LogP contribution in [0.4, 0.5) is 0 Å². The second-order valence-electron chi connectivity index (χ2n) is 5.51. The van der Waals surface area contributed by atoms with E-state index in [2.05, 4.69) is 0 Å². The number of esters is 1. The van der Waals surface area contributed by atoms with Gasteiger partial charge in [-0.25, -0.2) is 4.79 Å². The normalized spacial score (nSPS) is 10.6. The molecule has 0 spiro atoms. The predicted molar refractivity (Wildman–Crippen MR) is 95.3 cm³/mol. The van der Waals surface area contributed by atoms with Gasteiger partial charge in [0, 0.05) is 34.6 Å². The van der Waals surface area contributed by atoms with Crippen molar-refractivity contribution in [1.82, 2.24) is 4.57 Å². The van der Waals surface area contributed by atoms with Crippen LogP contribution < -0.4 is 5.56 Å². The van der Waals surface area contributed by atoms with E-state index in [0.29, 0.717) is 21.4 Å². The highest BCUT2D eigenvalue weighted by Gasteiger charge is 2.16. The summed E-state index contributed by atoms with van der Waals surface area (Å²) >= 11 is 5.78. The number of hydrogen-bond donors (Lipinski definition) is 0. The van der Waals surface area contributed by atoms with E-state index in [1.54, 1.807) is 55.6 Å². The topological polar surface area (TPSA) is 65.4 Å². The Balaban J connectivity index is 1.83. The van der Waals surface area contributed by atoms with Crippen LogP contribution in [0.5, 0.6) is 0 Å². The summed E-state index contributed by atoms with van der Waals surface area (Å²) in [4.78, 5) is 36.6. The predicted octanol–water partition coefficient (Wildman–Crippen LogP) is 3.23. The van der Waals surface area contributed by atoms with Gasteiger partial charge in [-0.1, -0.05) is 29.8 Å². The third-order valence-corrected chi connectivity index (χ3v) is 4.06. The number of benzene rings is 2. The molecule has 126 valence electrons. The lowest BCUT2D eigenvalue weighted by Crippen LogP contribution is -2.21. The number of halogens is 1. The Hall–Kier alpha value is -2.92. The number of nitrogens with zero attached hydrogens (tertiary/aromatic N) is 1. The van der Waals surface area contributed by atoms with Crippen LogP contribution in [0.15, 0.2) is 59.5 Å². The molecule has 6 heteroatoms. The van der Waals surface area contributed by atoms with Gasteiger partial charge >= 0.3 is 5.97 Å². The molecule has 0 aliphatic heterocycles. The zero-order valence-corrected chi connectivity index (χ0v) is 14.1. The molecule has 0 saturated heterocycles. The van der Waals surface area contributed by atoms with Gasteiger partial charge in [-0.2, -0.15) is 0 Å². The van der Waals surface area contributed by atoms with Crippen molar-refractivity contribution in [3.8, 4) is 0 Å². The summed E-state index contributed by atoms with van der Waals surface area (Å²) in [7, 11) is 1.56. The van der Waals surface area contributed by atoms with Crippen molar-refractivity contribution >= 4 is 34.1 Å². The van der Waals surface area contributed by atoms with Gasteiger partial charge in [0.05, 0.1) is 5.56 Å². The van der Waals surface area contributed by atoms with E-state index < -0.39 is 12.6 Å². The second kappa shape index (κ2) is 6.91. The van der Waals surface area contributed by atoms with Gasteiger partial charge in [0.25, 0.3) is 5.56 Å². The molecule has 25 heavy (non-hydrogen) atoms. The zero-order valence-electron chi connectivity index (χ0n) is 13.4. The summed E-state index contributed by atoms with van der Waals surface area (Å²) in [5.74, 6) is -0.992. The number of fused-ring (bicyclic) bond motifs is 1. The van der Waals surface area contributed by atoms with E-state index in [9.17, 15) is 14.4 Å². The Morgan fingerprint density at radius 3 is 2.36 bits per heavy atom. The standard InChI is InChI=1S/C19H14ClNO4/c1-21-10-16(14-4-2-3-5-15(14)18(21)23)19(24)25-11-17(22)12-6-8-13(20)9-7-12/h2-10H,11H2,1H3. The lowest BCUT2D eigenvalue weighted by atomic mass is 10.1. The number of hydrogen-bond acceptors (Lipinski definition) is 4. The number of Topliss-reactive ketones (excluding diaryl/α,β-unsaturated/α-hetero) is 1. The van der Waals surface area contributed by atoms with Crippen LogP contribution in [0.25, 0.3) is 10.8 Å². The fraction of sp³-hybridized carbons (Fsp3) is 0.105. The molecule has 0 aliphatic rings. The Morgan fingerprint density at radius 1 is 1.04 bits per heavy atom. The minimum absolute atomic E-state index is 0.204. The highest BCUT2D eigenvalue weighted by atomic mass is 35.5. The van der Waals surface area contributed by atoms with Gasteiger partial charge in [-0.3, -0.25) is 9.59 Å². The summed E-state index contributed by atoms with van der Waals surface area (Å²) in [6.07, 6.45) is 1.42. The van der Waals surface area contributed by atoms with Gasteiger partial charge in [-0.15, -0.1) is 0 Å². The Bertz CT molecular complexity index is 1020.